The van der Waals surface area contributed by atoms with E-state index in [1.807, 2.05) is 11.8 Å². The van der Waals surface area contributed by atoms with E-state index in [4.69, 9.17) is 4.74 Å². The molecule has 1 saturated heterocycles. The van der Waals surface area contributed by atoms with Crippen molar-refractivity contribution in [2.75, 3.05) is 32.8 Å². The largest absolute Gasteiger partial charge is 0.484 e. The van der Waals surface area contributed by atoms with Gasteiger partial charge in [0, 0.05) is 44.7 Å². The number of rotatable bonds is 7. The Morgan fingerprint density at radius 1 is 0.964 bits per heavy atom. The second-order valence-corrected chi connectivity index (χ2v) is 7.17. The minimum absolute atomic E-state index is 0.00394. The Labute approximate surface area is 166 Å². The smallest absolute Gasteiger partial charge is 0.260 e. The van der Waals surface area contributed by atoms with Gasteiger partial charge in [-0.2, -0.15) is 0 Å². The van der Waals surface area contributed by atoms with Gasteiger partial charge in [-0.15, -0.1) is 0 Å². The normalized spacial score (nSPS) is 14.7. The van der Waals surface area contributed by atoms with Crippen LogP contribution in [0.3, 0.4) is 0 Å². The van der Waals surface area contributed by atoms with Crippen LogP contribution in [0.5, 0.6) is 5.75 Å². The molecule has 0 spiro atoms. The molecular weight excluding hydrogens is 352 g/mol. The van der Waals surface area contributed by atoms with Gasteiger partial charge in [-0.3, -0.25) is 14.5 Å². The molecule has 148 valence electrons. The molecule has 0 bridgehead atoms. The van der Waals surface area contributed by atoms with Gasteiger partial charge in [0.05, 0.1) is 0 Å². The minimum atomic E-state index is 0.00394. The van der Waals surface area contributed by atoms with Crippen LogP contribution < -0.4 is 4.74 Å². The third-order valence-electron chi connectivity index (χ3n) is 5.24. The van der Waals surface area contributed by atoms with Crippen molar-refractivity contribution >= 4 is 11.7 Å². The van der Waals surface area contributed by atoms with Gasteiger partial charge in [-0.25, -0.2) is 0 Å². The van der Waals surface area contributed by atoms with Crippen molar-refractivity contribution in [1.29, 1.82) is 0 Å². The van der Waals surface area contributed by atoms with Gasteiger partial charge < -0.3 is 9.64 Å². The summed E-state index contributed by atoms with van der Waals surface area (Å²) in [4.78, 5) is 28.3. The number of carbonyl (C=O) groups excluding carboxylic acids is 2. The molecule has 1 amide bonds. The summed E-state index contributed by atoms with van der Waals surface area (Å²) in [5, 5.41) is 0. The fraction of sp³-hybridized carbons (Fsp3) is 0.391. The number of Topliss-reactive ketones (excluding diaryl/α,β-unsaturated/α-hetero) is 1. The fourth-order valence-corrected chi connectivity index (χ4v) is 3.36. The first-order valence-electron chi connectivity index (χ1n) is 9.87. The molecule has 1 fully saturated rings. The molecule has 0 aromatic heterocycles. The molecule has 28 heavy (non-hydrogen) atoms. The van der Waals surface area contributed by atoms with E-state index in [9.17, 15) is 9.59 Å². The molecule has 2 aromatic rings. The second kappa shape index (κ2) is 9.51. The van der Waals surface area contributed by atoms with Crippen molar-refractivity contribution < 1.29 is 14.3 Å². The molecule has 0 N–H and O–H groups in total. The molecule has 0 saturated carbocycles. The zero-order chi connectivity index (χ0) is 19.9. The maximum absolute atomic E-state index is 12.4. The number of ether oxygens (including phenoxy) is 1. The van der Waals surface area contributed by atoms with Gasteiger partial charge in [0.1, 0.15) is 5.75 Å². The highest BCUT2D eigenvalue weighted by atomic mass is 16.5. The molecule has 0 atom stereocenters. The highest BCUT2D eigenvalue weighted by Gasteiger charge is 2.21. The van der Waals surface area contributed by atoms with Crippen molar-refractivity contribution in [3.8, 4) is 5.75 Å². The standard InChI is InChI=1S/C23H28N2O3/c1-3-22(26)19-8-10-21(11-9-19)28-17-23(27)25-14-12-24(13-15-25)16-20-7-5-4-6-18(20)2/h4-11H,3,12-17H2,1-2H3. The molecule has 1 aliphatic rings. The summed E-state index contributed by atoms with van der Waals surface area (Å²) in [5.74, 6) is 0.717. The van der Waals surface area contributed by atoms with Crippen LogP contribution in [0, 0.1) is 6.92 Å². The van der Waals surface area contributed by atoms with E-state index < -0.39 is 0 Å². The first-order valence-corrected chi connectivity index (χ1v) is 9.87. The topological polar surface area (TPSA) is 49.9 Å². The van der Waals surface area contributed by atoms with Gasteiger partial charge in [-0.05, 0) is 42.3 Å². The first kappa shape index (κ1) is 20.1. The molecule has 0 radical (unpaired) electrons. The number of amides is 1. The van der Waals surface area contributed by atoms with Crippen LogP contribution in [0.1, 0.15) is 34.8 Å². The zero-order valence-electron chi connectivity index (χ0n) is 16.7. The van der Waals surface area contributed by atoms with E-state index in [1.165, 1.54) is 11.1 Å². The summed E-state index contributed by atoms with van der Waals surface area (Å²) >= 11 is 0. The molecule has 3 rings (SSSR count). The quantitative estimate of drug-likeness (QED) is 0.692. The van der Waals surface area contributed by atoms with E-state index in [0.717, 1.165) is 32.7 Å². The zero-order valence-corrected chi connectivity index (χ0v) is 16.7. The molecule has 1 heterocycles. The number of hydrogen-bond donors (Lipinski definition) is 0. The molecule has 0 unspecified atom stereocenters. The fourth-order valence-electron chi connectivity index (χ4n) is 3.36. The predicted octanol–water partition coefficient (Wildman–Crippen LogP) is 3.31. The molecule has 5 nitrogen and oxygen atoms in total. The minimum Gasteiger partial charge on any atom is -0.484 e. The predicted molar refractivity (Wildman–Crippen MR) is 110 cm³/mol. The van der Waals surface area contributed by atoms with Crippen LogP contribution in [0.4, 0.5) is 0 Å². The lowest BCUT2D eigenvalue weighted by Crippen LogP contribution is -2.49. The maximum Gasteiger partial charge on any atom is 0.260 e. The van der Waals surface area contributed by atoms with E-state index >= 15 is 0 Å². The van der Waals surface area contributed by atoms with Crippen molar-refractivity contribution in [2.45, 2.75) is 26.8 Å². The Hall–Kier alpha value is -2.66. The van der Waals surface area contributed by atoms with Crippen molar-refractivity contribution in [3.63, 3.8) is 0 Å². The lowest BCUT2D eigenvalue weighted by Gasteiger charge is -2.35. The number of benzene rings is 2. The monoisotopic (exact) mass is 380 g/mol. The van der Waals surface area contributed by atoms with Crippen LogP contribution in [-0.4, -0.2) is 54.3 Å². The Morgan fingerprint density at radius 3 is 2.29 bits per heavy atom. The SMILES string of the molecule is CCC(=O)c1ccc(OCC(=O)N2CCN(Cc3ccccc3C)CC2)cc1. The Balaban J connectivity index is 1.44. The maximum atomic E-state index is 12.4. The summed E-state index contributed by atoms with van der Waals surface area (Å²) in [6.07, 6.45) is 0.481. The second-order valence-electron chi connectivity index (χ2n) is 7.17. The van der Waals surface area contributed by atoms with Crippen LogP contribution in [0.25, 0.3) is 0 Å². The van der Waals surface area contributed by atoms with E-state index in [-0.39, 0.29) is 18.3 Å². The molecule has 5 heteroatoms. The third-order valence-corrected chi connectivity index (χ3v) is 5.24. The Morgan fingerprint density at radius 2 is 1.64 bits per heavy atom. The number of ketones is 1. The molecular formula is C23H28N2O3. The third kappa shape index (κ3) is 5.20. The lowest BCUT2D eigenvalue weighted by molar-refractivity contribution is -0.135. The Kier molecular flexibility index (Phi) is 6.82. The van der Waals surface area contributed by atoms with Crippen molar-refractivity contribution in [2.24, 2.45) is 0 Å². The van der Waals surface area contributed by atoms with E-state index in [2.05, 4.69) is 36.1 Å². The summed E-state index contributed by atoms with van der Waals surface area (Å²) in [6.45, 7) is 8.11. The van der Waals surface area contributed by atoms with Crippen LogP contribution in [0.15, 0.2) is 48.5 Å². The van der Waals surface area contributed by atoms with Crippen molar-refractivity contribution in [3.05, 3.63) is 65.2 Å². The number of hydrogen-bond acceptors (Lipinski definition) is 4. The average molecular weight is 380 g/mol. The van der Waals surface area contributed by atoms with Crippen LogP contribution in [0.2, 0.25) is 0 Å². The number of carbonyl (C=O) groups is 2. The van der Waals surface area contributed by atoms with E-state index in [0.29, 0.717) is 17.7 Å². The van der Waals surface area contributed by atoms with Gasteiger partial charge in [0.2, 0.25) is 0 Å². The highest BCUT2D eigenvalue weighted by molar-refractivity contribution is 5.95. The van der Waals surface area contributed by atoms with Crippen LogP contribution in [-0.2, 0) is 11.3 Å². The summed E-state index contributed by atoms with van der Waals surface area (Å²) in [7, 11) is 0. The number of nitrogens with zero attached hydrogens (tertiary/aromatic N) is 2. The van der Waals surface area contributed by atoms with E-state index in [1.54, 1.807) is 24.3 Å². The van der Waals surface area contributed by atoms with Gasteiger partial charge in [0.15, 0.2) is 12.4 Å². The highest BCUT2D eigenvalue weighted by Crippen LogP contribution is 2.15. The van der Waals surface area contributed by atoms with Gasteiger partial charge >= 0.3 is 0 Å². The summed E-state index contributed by atoms with van der Waals surface area (Å²) in [6, 6.07) is 15.4. The summed E-state index contributed by atoms with van der Waals surface area (Å²) in [5.41, 5.74) is 3.32. The van der Waals surface area contributed by atoms with Gasteiger partial charge in [-0.1, -0.05) is 31.2 Å². The average Bonchev–Trinajstić information content (AvgIpc) is 2.74. The van der Waals surface area contributed by atoms with Crippen LogP contribution >= 0.6 is 0 Å². The Bertz CT molecular complexity index is 809. The van der Waals surface area contributed by atoms with Crippen molar-refractivity contribution in [1.82, 2.24) is 9.80 Å². The van der Waals surface area contributed by atoms with Gasteiger partial charge in [0.25, 0.3) is 5.91 Å². The number of piperazine rings is 1. The lowest BCUT2D eigenvalue weighted by atomic mass is 10.1. The number of aryl methyl sites for hydroxylation is 1. The first-order chi connectivity index (χ1) is 13.6. The summed E-state index contributed by atoms with van der Waals surface area (Å²) < 4.78 is 5.61. The molecule has 2 aromatic carbocycles. The molecule has 0 aliphatic carbocycles. The molecule has 1 aliphatic heterocycles.